The molecule has 0 unspecified atom stereocenters. The minimum absolute atomic E-state index is 0.0630. The van der Waals surface area contributed by atoms with Crippen LogP contribution in [0, 0.1) is 24.0 Å². The van der Waals surface area contributed by atoms with Gasteiger partial charge in [-0.3, -0.25) is 14.9 Å². The molecule has 11 heteroatoms. The summed E-state index contributed by atoms with van der Waals surface area (Å²) in [4.78, 5) is 25.8. The van der Waals surface area contributed by atoms with Gasteiger partial charge in [-0.2, -0.15) is 13.2 Å². The van der Waals surface area contributed by atoms with Gasteiger partial charge in [-0.1, -0.05) is 12.1 Å². The van der Waals surface area contributed by atoms with Crippen molar-refractivity contribution in [1.82, 2.24) is 9.21 Å². The molecular weight excluding hydrogens is 507 g/mol. The lowest BCUT2D eigenvalue weighted by atomic mass is 10.1. The van der Waals surface area contributed by atoms with Crippen LogP contribution < -0.4 is 4.74 Å². The van der Waals surface area contributed by atoms with Crippen LogP contribution in [-0.2, 0) is 6.18 Å². The smallest absolute Gasteiger partial charge is 0.416 e. The van der Waals surface area contributed by atoms with Crippen LogP contribution in [0.15, 0.2) is 65.6 Å². The molecule has 1 aliphatic rings. The molecule has 0 bridgehead atoms. The summed E-state index contributed by atoms with van der Waals surface area (Å²) in [5, 5.41) is 11.4. The Morgan fingerprint density at radius 3 is 2.24 bits per heavy atom. The number of carbonyl (C=O) groups is 1. The first-order valence-corrected chi connectivity index (χ1v) is 12.2. The first-order chi connectivity index (χ1) is 17.5. The fourth-order valence-electron chi connectivity index (χ4n) is 3.81. The average molecular weight is 532 g/mol. The van der Waals surface area contributed by atoms with Crippen LogP contribution in [0.1, 0.15) is 27.0 Å². The van der Waals surface area contributed by atoms with Crippen molar-refractivity contribution in [3.05, 3.63) is 93.0 Å². The quantitative estimate of drug-likeness (QED) is 0.206. The van der Waals surface area contributed by atoms with E-state index in [1.165, 1.54) is 36.2 Å². The number of halogens is 3. The summed E-state index contributed by atoms with van der Waals surface area (Å²) in [6.45, 7) is 5.50. The third-order valence-corrected chi connectivity index (χ3v) is 7.05. The average Bonchev–Trinajstić information content (AvgIpc) is 2.86. The van der Waals surface area contributed by atoms with Crippen LogP contribution >= 0.6 is 11.9 Å². The van der Waals surface area contributed by atoms with Gasteiger partial charge in [0.1, 0.15) is 11.5 Å². The molecule has 1 amide bonds. The van der Waals surface area contributed by atoms with Crippen molar-refractivity contribution >= 4 is 23.5 Å². The second kappa shape index (κ2) is 10.8. The van der Waals surface area contributed by atoms with E-state index in [1.807, 2.05) is 36.4 Å². The maximum absolute atomic E-state index is 12.8. The molecule has 37 heavy (non-hydrogen) atoms. The summed E-state index contributed by atoms with van der Waals surface area (Å²) < 4.78 is 46.5. The minimum atomic E-state index is -4.46. The van der Waals surface area contributed by atoms with E-state index in [0.717, 1.165) is 23.3 Å². The van der Waals surface area contributed by atoms with Gasteiger partial charge in [0.05, 0.1) is 15.4 Å². The highest BCUT2D eigenvalue weighted by Crippen LogP contribution is 2.38. The van der Waals surface area contributed by atoms with E-state index in [4.69, 9.17) is 4.74 Å². The van der Waals surface area contributed by atoms with Gasteiger partial charge in [-0.15, -0.1) is 0 Å². The number of non-ortho nitro benzene ring substituents is 1. The maximum Gasteiger partial charge on any atom is 0.416 e. The Balaban J connectivity index is 1.45. The molecule has 4 rings (SSSR count). The number of nitro benzene ring substituents is 1. The molecule has 0 aliphatic carbocycles. The number of carbonyl (C=O) groups excluding carboxylic acids is 1. The van der Waals surface area contributed by atoms with E-state index >= 15 is 0 Å². The zero-order valence-electron chi connectivity index (χ0n) is 20.1. The standard InChI is InChI=1S/C26H24F3N3O4S/c1-17-3-4-18(2)23(15-17)36-22-10-9-21(32(34)35)16-24(22)37-31-13-11-30(12-14-31)25(33)19-5-7-20(8-6-19)26(27,28)29/h3-10,15-16H,11-14H2,1-2H3. The van der Waals surface area contributed by atoms with Gasteiger partial charge < -0.3 is 9.64 Å². The zero-order chi connectivity index (χ0) is 26.7. The number of alkyl halides is 3. The summed E-state index contributed by atoms with van der Waals surface area (Å²) >= 11 is 1.31. The van der Waals surface area contributed by atoms with Crippen LogP contribution in [-0.4, -0.2) is 46.2 Å². The van der Waals surface area contributed by atoms with Gasteiger partial charge in [0.15, 0.2) is 0 Å². The number of aryl methyl sites for hydroxylation is 2. The third-order valence-electron chi connectivity index (χ3n) is 5.91. The molecule has 0 atom stereocenters. The molecule has 3 aromatic rings. The van der Waals surface area contributed by atoms with Crippen molar-refractivity contribution in [3.8, 4) is 11.5 Å². The molecule has 0 aromatic heterocycles. The Labute approximate surface area is 216 Å². The second-order valence-corrected chi connectivity index (χ2v) is 9.79. The monoisotopic (exact) mass is 531 g/mol. The van der Waals surface area contributed by atoms with E-state index in [-0.39, 0.29) is 17.2 Å². The number of nitro groups is 1. The van der Waals surface area contributed by atoms with Gasteiger partial charge in [-0.05, 0) is 73.3 Å². The summed E-state index contributed by atoms with van der Waals surface area (Å²) in [5.74, 6) is 0.794. The van der Waals surface area contributed by atoms with E-state index < -0.39 is 16.7 Å². The van der Waals surface area contributed by atoms with E-state index in [1.54, 1.807) is 11.0 Å². The van der Waals surface area contributed by atoms with Crippen LogP contribution in [0.5, 0.6) is 11.5 Å². The SMILES string of the molecule is Cc1ccc(C)c(Oc2ccc([N+](=O)[O-])cc2SN2CCN(C(=O)c3ccc(C(F)(F)F)cc3)CC2)c1. The molecule has 1 aliphatic heterocycles. The normalized spacial score (nSPS) is 14.5. The Morgan fingerprint density at radius 1 is 0.946 bits per heavy atom. The maximum atomic E-state index is 12.8. The van der Waals surface area contributed by atoms with Crippen molar-refractivity contribution in [3.63, 3.8) is 0 Å². The van der Waals surface area contributed by atoms with E-state index in [2.05, 4.69) is 0 Å². The van der Waals surface area contributed by atoms with Crippen molar-refractivity contribution in [2.24, 2.45) is 0 Å². The van der Waals surface area contributed by atoms with Crippen molar-refractivity contribution in [1.29, 1.82) is 0 Å². The van der Waals surface area contributed by atoms with Crippen molar-refractivity contribution in [2.45, 2.75) is 24.9 Å². The number of benzene rings is 3. The largest absolute Gasteiger partial charge is 0.456 e. The fraction of sp³-hybridized carbons (Fsp3) is 0.269. The van der Waals surface area contributed by atoms with Crippen LogP contribution in [0.4, 0.5) is 18.9 Å². The first-order valence-electron chi connectivity index (χ1n) is 11.4. The van der Waals surface area contributed by atoms with Crippen molar-refractivity contribution < 1.29 is 27.6 Å². The fourth-order valence-corrected chi connectivity index (χ4v) is 4.80. The number of piperazine rings is 1. The lowest BCUT2D eigenvalue weighted by Crippen LogP contribution is -2.46. The number of rotatable bonds is 6. The molecular formula is C26H24F3N3O4S. The van der Waals surface area contributed by atoms with Crippen LogP contribution in [0.2, 0.25) is 0 Å². The summed E-state index contributed by atoms with van der Waals surface area (Å²) in [6, 6.07) is 14.4. The van der Waals surface area contributed by atoms with E-state index in [0.29, 0.717) is 42.6 Å². The third kappa shape index (κ3) is 6.41. The predicted octanol–water partition coefficient (Wildman–Crippen LogP) is 6.49. The number of hydrogen-bond acceptors (Lipinski definition) is 6. The van der Waals surface area contributed by atoms with Gasteiger partial charge >= 0.3 is 6.18 Å². The topological polar surface area (TPSA) is 75.9 Å². The summed E-state index contributed by atoms with van der Waals surface area (Å²) in [6.07, 6.45) is -4.46. The highest BCUT2D eigenvalue weighted by molar-refractivity contribution is 7.97. The number of nitrogens with zero attached hydrogens (tertiary/aromatic N) is 3. The molecule has 1 fully saturated rings. The lowest BCUT2D eigenvalue weighted by Gasteiger charge is -2.34. The Bertz CT molecular complexity index is 1310. The molecule has 0 N–H and O–H groups in total. The molecule has 0 radical (unpaired) electrons. The predicted molar refractivity (Wildman–Crippen MR) is 134 cm³/mol. The molecule has 7 nitrogen and oxygen atoms in total. The highest BCUT2D eigenvalue weighted by atomic mass is 32.2. The van der Waals surface area contributed by atoms with Gasteiger partial charge in [-0.25, -0.2) is 4.31 Å². The summed E-state index contributed by atoms with van der Waals surface area (Å²) in [7, 11) is 0. The first kappa shape index (κ1) is 26.5. The number of ether oxygens (including phenoxy) is 1. The van der Waals surface area contributed by atoms with Crippen LogP contribution in [0.25, 0.3) is 0 Å². The zero-order valence-corrected chi connectivity index (χ0v) is 20.9. The van der Waals surface area contributed by atoms with Crippen molar-refractivity contribution in [2.75, 3.05) is 26.2 Å². The van der Waals surface area contributed by atoms with Gasteiger partial charge in [0.25, 0.3) is 11.6 Å². The van der Waals surface area contributed by atoms with Crippen LogP contribution in [0.3, 0.4) is 0 Å². The second-order valence-electron chi connectivity index (χ2n) is 8.65. The molecule has 0 saturated carbocycles. The Kier molecular flexibility index (Phi) is 7.74. The van der Waals surface area contributed by atoms with E-state index in [9.17, 15) is 28.1 Å². The number of hydrogen-bond donors (Lipinski definition) is 0. The summed E-state index contributed by atoms with van der Waals surface area (Å²) in [5.41, 5.74) is 1.27. The molecule has 3 aromatic carbocycles. The van der Waals surface area contributed by atoms with Gasteiger partial charge in [0.2, 0.25) is 0 Å². The molecule has 1 heterocycles. The highest BCUT2D eigenvalue weighted by Gasteiger charge is 2.31. The number of amides is 1. The molecule has 0 spiro atoms. The molecule has 194 valence electrons. The lowest BCUT2D eigenvalue weighted by molar-refractivity contribution is -0.385. The minimum Gasteiger partial charge on any atom is -0.456 e. The Morgan fingerprint density at radius 2 is 1.62 bits per heavy atom. The molecule has 1 saturated heterocycles. The van der Waals surface area contributed by atoms with Gasteiger partial charge in [0, 0.05) is 43.9 Å². The Hall–Kier alpha value is -3.57.